The summed E-state index contributed by atoms with van der Waals surface area (Å²) in [4.78, 5) is 16.8. The Hall–Kier alpha value is -2.42. The summed E-state index contributed by atoms with van der Waals surface area (Å²) < 4.78 is 35.8. The zero-order valence-corrected chi connectivity index (χ0v) is 15.7. The molecule has 0 aliphatic rings. The Balaban J connectivity index is 1.96. The van der Waals surface area contributed by atoms with Crippen molar-refractivity contribution in [3.63, 3.8) is 0 Å². The first-order chi connectivity index (χ1) is 12.4. The monoisotopic (exact) mass is 379 g/mol. The van der Waals surface area contributed by atoms with Gasteiger partial charge in [-0.15, -0.1) is 0 Å². The highest BCUT2D eigenvalue weighted by molar-refractivity contribution is 7.89. The molecule has 0 unspecified atom stereocenters. The van der Waals surface area contributed by atoms with E-state index >= 15 is 0 Å². The minimum atomic E-state index is -3.83. The van der Waals surface area contributed by atoms with Crippen molar-refractivity contribution in [3.8, 4) is 5.75 Å². The summed E-state index contributed by atoms with van der Waals surface area (Å²) in [6.07, 6.45) is 0. The van der Waals surface area contributed by atoms with E-state index in [0.717, 1.165) is 11.3 Å². The fourth-order valence-corrected chi connectivity index (χ4v) is 3.14. The zero-order chi connectivity index (χ0) is 19.2. The Morgan fingerprint density at radius 2 is 1.81 bits per heavy atom. The SMILES string of the molecule is CON(C)S(=O)(=O)c1cccc(C(=O)OCCOc2ccccc2C)c1. The third-order valence-electron chi connectivity index (χ3n) is 3.63. The predicted molar refractivity (Wildman–Crippen MR) is 95.4 cm³/mol. The van der Waals surface area contributed by atoms with E-state index in [0.29, 0.717) is 4.47 Å². The summed E-state index contributed by atoms with van der Waals surface area (Å²) in [5.41, 5.74) is 1.12. The number of para-hydroxylation sites is 1. The van der Waals surface area contributed by atoms with E-state index in [4.69, 9.17) is 14.3 Å². The van der Waals surface area contributed by atoms with Crippen LogP contribution in [-0.4, -0.2) is 46.2 Å². The first kappa shape index (κ1) is 19.9. The maximum absolute atomic E-state index is 12.2. The second-order valence-corrected chi connectivity index (χ2v) is 7.31. The van der Waals surface area contributed by atoms with Gasteiger partial charge in [0.15, 0.2) is 0 Å². The van der Waals surface area contributed by atoms with Gasteiger partial charge in [0.1, 0.15) is 19.0 Å². The maximum atomic E-state index is 12.2. The lowest BCUT2D eigenvalue weighted by Gasteiger charge is -2.14. The molecule has 2 aromatic carbocycles. The molecule has 0 amide bonds. The van der Waals surface area contributed by atoms with Gasteiger partial charge in [-0.2, -0.15) is 0 Å². The van der Waals surface area contributed by atoms with Gasteiger partial charge in [0, 0.05) is 7.05 Å². The zero-order valence-electron chi connectivity index (χ0n) is 14.8. The van der Waals surface area contributed by atoms with Crippen LogP contribution in [0, 0.1) is 6.92 Å². The van der Waals surface area contributed by atoms with Crippen molar-refractivity contribution in [3.05, 3.63) is 59.7 Å². The van der Waals surface area contributed by atoms with Crippen LogP contribution in [0.2, 0.25) is 0 Å². The Morgan fingerprint density at radius 3 is 2.50 bits per heavy atom. The predicted octanol–water partition coefficient (Wildman–Crippen LogP) is 2.41. The third-order valence-corrected chi connectivity index (χ3v) is 5.31. The van der Waals surface area contributed by atoms with E-state index in [1.807, 2.05) is 31.2 Å². The van der Waals surface area contributed by atoms with Gasteiger partial charge in [-0.3, -0.25) is 4.84 Å². The standard InChI is InChI=1S/C18H21NO6S/c1-14-7-4-5-10-17(14)24-11-12-25-18(20)15-8-6-9-16(13-15)26(21,22)19(2)23-3/h4-10,13H,11-12H2,1-3H3. The summed E-state index contributed by atoms with van der Waals surface area (Å²) >= 11 is 0. The number of hydrogen-bond acceptors (Lipinski definition) is 6. The number of aryl methyl sites for hydroxylation is 1. The molecule has 0 radical (unpaired) electrons. The highest BCUT2D eigenvalue weighted by Gasteiger charge is 2.22. The second kappa shape index (κ2) is 8.79. The Morgan fingerprint density at radius 1 is 1.08 bits per heavy atom. The molecule has 0 heterocycles. The smallest absolute Gasteiger partial charge is 0.338 e. The summed E-state index contributed by atoms with van der Waals surface area (Å²) in [7, 11) is -1.33. The Bertz CT molecular complexity index is 865. The van der Waals surface area contributed by atoms with Crippen LogP contribution >= 0.6 is 0 Å². The highest BCUT2D eigenvalue weighted by Crippen LogP contribution is 2.17. The van der Waals surface area contributed by atoms with Crippen molar-refractivity contribution in [2.24, 2.45) is 0 Å². The average molecular weight is 379 g/mol. The third kappa shape index (κ3) is 4.81. The topological polar surface area (TPSA) is 82.1 Å². The lowest BCUT2D eigenvalue weighted by atomic mass is 10.2. The fourth-order valence-electron chi connectivity index (χ4n) is 2.12. The van der Waals surface area contributed by atoms with E-state index in [1.165, 1.54) is 38.4 Å². The number of benzene rings is 2. The normalized spacial score (nSPS) is 11.4. The molecule has 0 aromatic heterocycles. The van der Waals surface area contributed by atoms with Gasteiger partial charge in [0.2, 0.25) is 0 Å². The Kier molecular flexibility index (Phi) is 6.73. The molecule has 0 N–H and O–H groups in total. The number of hydroxylamine groups is 1. The molecule has 0 fully saturated rings. The van der Waals surface area contributed by atoms with Crippen LogP contribution in [-0.2, 0) is 19.6 Å². The average Bonchev–Trinajstić information content (AvgIpc) is 2.65. The summed E-state index contributed by atoms with van der Waals surface area (Å²) in [5, 5.41) is 0. The van der Waals surface area contributed by atoms with Gasteiger partial charge in [0.25, 0.3) is 10.0 Å². The van der Waals surface area contributed by atoms with Crippen LogP contribution in [0.5, 0.6) is 5.75 Å². The first-order valence-electron chi connectivity index (χ1n) is 7.85. The summed E-state index contributed by atoms with van der Waals surface area (Å²) in [5.74, 6) is 0.0924. The van der Waals surface area contributed by atoms with Crippen LogP contribution in [0.1, 0.15) is 15.9 Å². The molecule has 2 aromatic rings. The molecule has 140 valence electrons. The molecular formula is C18H21NO6S. The second-order valence-electron chi connectivity index (χ2n) is 5.38. The number of ether oxygens (including phenoxy) is 2. The van der Waals surface area contributed by atoms with Gasteiger partial charge in [0.05, 0.1) is 17.6 Å². The number of sulfonamides is 1. The van der Waals surface area contributed by atoms with Crippen molar-refractivity contribution >= 4 is 16.0 Å². The van der Waals surface area contributed by atoms with Gasteiger partial charge < -0.3 is 9.47 Å². The number of rotatable bonds is 8. The quantitative estimate of drug-likeness (QED) is 0.398. The molecule has 2 rings (SSSR count). The largest absolute Gasteiger partial charge is 0.490 e. The fraction of sp³-hybridized carbons (Fsp3) is 0.278. The van der Waals surface area contributed by atoms with Crippen LogP contribution in [0.25, 0.3) is 0 Å². The van der Waals surface area contributed by atoms with E-state index in [-0.39, 0.29) is 23.7 Å². The molecule has 0 atom stereocenters. The van der Waals surface area contributed by atoms with E-state index in [2.05, 4.69) is 0 Å². The number of hydrogen-bond donors (Lipinski definition) is 0. The van der Waals surface area contributed by atoms with Crippen LogP contribution in [0.15, 0.2) is 53.4 Å². The van der Waals surface area contributed by atoms with Gasteiger partial charge in [-0.05, 0) is 36.8 Å². The maximum Gasteiger partial charge on any atom is 0.338 e. The van der Waals surface area contributed by atoms with Crippen molar-refractivity contribution in [1.29, 1.82) is 0 Å². The minimum Gasteiger partial charge on any atom is -0.490 e. The van der Waals surface area contributed by atoms with Crippen molar-refractivity contribution in [2.45, 2.75) is 11.8 Å². The van der Waals surface area contributed by atoms with Gasteiger partial charge in [-0.1, -0.05) is 28.7 Å². The molecule has 0 aliphatic heterocycles. The molecule has 8 heteroatoms. The van der Waals surface area contributed by atoms with E-state index in [1.54, 1.807) is 0 Å². The van der Waals surface area contributed by atoms with E-state index in [9.17, 15) is 13.2 Å². The van der Waals surface area contributed by atoms with Crippen LogP contribution in [0.4, 0.5) is 0 Å². The summed E-state index contributed by atoms with van der Waals surface area (Å²) in [6, 6.07) is 13.1. The molecule has 0 aliphatic carbocycles. The molecular weight excluding hydrogens is 358 g/mol. The van der Waals surface area contributed by atoms with Gasteiger partial charge in [-0.25, -0.2) is 13.2 Å². The minimum absolute atomic E-state index is 0.0438. The molecule has 7 nitrogen and oxygen atoms in total. The van der Waals surface area contributed by atoms with Crippen molar-refractivity contribution < 1.29 is 27.5 Å². The lowest BCUT2D eigenvalue weighted by Crippen LogP contribution is -2.26. The molecule has 0 spiro atoms. The number of esters is 1. The summed E-state index contributed by atoms with van der Waals surface area (Å²) in [6.45, 7) is 2.16. The first-order valence-corrected chi connectivity index (χ1v) is 9.29. The highest BCUT2D eigenvalue weighted by atomic mass is 32.2. The van der Waals surface area contributed by atoms with Crippen LogP contribution in [0.3, 0.4) is 0 Å². The molecule has 26 heavy (non-hydrogen) atoms. The van der Waals surface area contributed by atoms with E-state index < -0.39 is 16.0 Å². The number of carbonyl (C=O) groups is 1. The number of nitrogens with zero attached hydrogens (tertiary/aromatic N) is 1. The molecule has 0 saturated carbocycles. The van der Waals surface area contributed by atoms with Crippen LogP contribution < -0.4 is 4.74 Å². The lowest BCUT2D eigenvalue weighted by molar-refractivity contribution is -0.0258. The van der Waals surface area contributed by atoms with Gasteiger partial charge >= 0.3 is 5.97 Å². The molecule has 0 bridgehead atoms. The Labute approximate surface area is 153 Å². The van der Waals surface area contributed by atoms with Crippen molar-refractivity contribution in [2.75, 3.05) is 27.4 Å². The molecule has 0 saturated heterocycles. The van der Waals surface area contributed by atoms with Crippen molar-refractivity contribution in [1.82, 2.24) is 4.47 Å². The number of carbonyl (C=O) groups excluding carboxylic acids is 1.